The van der Waals surface area contributed by atoms with E-state index >= 15 is 0 Å². The van der Waals surface area contributed by atoms with E-state index in [9.17, 15) is 22.7 Å². The maximum absolute atomic E-state index is 13.0. The van der Waals surface area contributed by atoms with Crippen LogP contribution in [0, 0.1) is 5.82 Å². The van der Waals surface area contributed by atoms with Gasteiger partial charge in [-0.15, -0.1) is 0 Å². The van der Waals surface area contributed by atoms with E-state index < -0.39 is 30.9 Å². The zero-order valence-corrected chi connectivity index (χ0v) is 9.09. The molecule has 1 unspecified atom stereocenters. The predicted octanol–water partition coefficient (Wildman–Crippen LogP) is 3.21. The van der Waals surface area contributed by atoms with E-state index in [2.05, 4.69) is 4.74 Å². The van der Waals surface area contributed by atoms with Gasteiger partial charge in [0.2, 0.25) is 0 Å². The zero-order valence-electron chi connectivity index (χ0n) is 9.09. The highest BCUT2D eigenvalue weighted by Gasteiger charge is 2.28. The third-order valence-electron chi connectivity index (χ3n) is 2.26. The van der Waals surface area contributed by atoms with Gasteiger partial charge in [-0.2, -0.15) is 13.2 Å². The van der Waals surface area contributed by atoms with Crippen molar-refractivity contribution in [2.75, 3.05) is 7.11 Å². The van der Waals surface area contributed by atoms with Crippen LogP contribution in [0.5, 0.6) is 5.75 Å². The van der Waals surface area contributed by atoms with Gasteiger partial charge in [0.1, 0.15) is 0 Å². The van der Waals surface area contributed by atoms with Crippen LogP contribution in [0.15, 0.2) is 18.2 Å². The fourth-order valence-corrected chi connectivity index (χ4v) is 1.35. The molecule has 1 N–H and O–H groups in total. The van der Waals surface area contributed by atoms with Crippen molar-refractivity contribution in [1.82, 2.24) is 0 Å². The van der Waals surface area contributed by atoms with Crippen molar-refractivity contribution in [3.05, 3.63) is 29.6 Å². The molecule has 0 bridgehead atoms. The quantitative estimate of drug-likeness (QED) is 0.834. The molecule has 1 atom stereocenters. The van der Waals surface area contributed by atoms with E-state index in [4.69, 9.17) is 0 Å². The van der Waals surface area contributed by atoms with Gasteiger partial charge in [0.05, 0.1) is 13.2 Å². The van der Waals surface area contributed by atoms with Crippen LogP contribution in [0.1, 0.15) is 24.5 Å². The van der Waals surface area contributed by atoms with Crippen LogP contribution in [-0.4, -0.2) is 18.4 Å². The van der Waals surface area contributed by atoms with Gasteiger partial charge < -0.3 is 9.84 Å². The highest BCUT2D eigenvalue weighted by atomic mass is 19.4. The average Bonchev–Trinajstić information content (AvgIpc) is 2.25. The van der Waals surface area contributed by atoms with Gasteiger partial charge in [-0.3, -0.25) is 0 Å². The number of aliphatic hydroxyl groups excluding tert-OH is 1. The number of halogens is 4. The van der Waals surface area contributed by atoms with Gasteiger partial charge in [-0.1, -0.05) is 6.07 Å². The molecule has 0 fully saturated rings. The van der Waals surface area contributed by atoms with Crippen molar-refractivity contribution in [2.45, 2.75) is 25.1 Å². The lowest BCUT2D eigenvalue weighted by molar-refractivity contribution is -0.140. The lowest BCUT2D eigenvalue weighted by atomic mass is 10.0. The number of alkyl halides is 3. The van der Waals surface area contributed by atoms with Crippen LogP contribution >= 0.6 is 0 Å². The van der Waals surface area contributed by atoms with Crippen molar-refractivity contribution < 1.29 is 27.4 Å². The molecule has 0 amide bonds. The standard InChI is InChI=1S/C11H12F4O2/c1-17-10-6-7(2-3-8(10)12)9(16)4-5-11(13,14)15/h2-3,6,9,16H,4-5H2,1H3. The smallest absolute Gasteiger partial charge is 0.389 e. The van der Waals surface area contributed by atoms with Crippen LogP contribution in [0.2, 0.25) is 0 Å². The van der Waals surface area contributed by atoms with Crippen LogP contribution < -0.4 is 4.74 Å². The molecule has 0 heterocycles. The lowest BCUT2D eigenvalue weighted by Gasteiger charge is -2.13. The first-order chi connectivity index (χ1) is 7.83. The first-order valence-corrected chi connectivity index (χ1v) is 4.92. The van der Waals surface area contributed by atoms with Crippen molar-refractivity contribution in [2.24, 2.45) is 0 Å². The van der Waals surface area contributed by atoms with E-state index in [0.29, 0.717) is 0 Å². The van der Waals surface area contributed by atoms with Crippen molar-refractivity contribution in [3.8, 4) is 5.75 Å². The molecule has 17 heavy (non-hydrogen) atoms. The Morgan fingerprint density at radius 3 is 2.53 bits per heavy atom. The first-order valence-electron chi connectivity index (χ1n) is 4.92. The fraction of sp³-hybridized carbons (Fsp3) is 0.455. The Morgan fingerprint density at radius 1 is 1.35 bits per heavy atom. The van der Waals surface area contributed by atoms with E-state index in [1.54, 1.807) is 0 Å². The van der Waals surface area contributed by atoms with Gasteiger partial charge in [-0.05, 0) is 24.1 Å². The number of aliphatic hydroxyl groups is 1. The number of hydrogen-bond donors (Lipinski definition) is 1. The second-order valence-corrected chi connectivity index (χ2v) is 3.56. The van der Waals surface area contributed by atoms with Gasteiger partial charge in [-0.25, -0.2) is 4.39 Å². The van der Waals surface area contributed by atoms with E-state index in [0.717, 1.165) is 6.07 Å². The zero-order chi connectivity index (χ0) is 13.1. The second kappa shape index (κ2) is 5.35. The summed E-state index contributed by atoms with van der Waals surface area (Å²) in [7, 11) is 1.24. The molecule has 0 spiro atoms. The van der Waals surface area contributed by atoms with E-state index in [1.807, 2.05) is 0 Å². The normalized spacial score (nSPS) is 13.5. The molecular formula is C11H12F4O2. The molecule has 0 aliphatic heterocycles. The Kier molecular flexibility index (Phi) is 4.34. The molecule has 0 saturated carbocycles. The van der Waals surface area contributed by atoms with Crippen LogP contribution in [-0.2, 0) is 0 Å². The SMILES string of the molecule is COc1cc(C(O)CCC(F)(F)F)ccc1F. The number of hydrogen-bond acceptors (Lipinski definition) is 2. The van der Waals surface area contributed by atoms with Gasteiger partial charge >= 0.3 is 6.18 Å². The highest BCUT2D eigenvalue weighted by molar-refractivity contribution is 5.31. The maximum atomic E-state index is 13.0. The van der Waals surface area contributed by atoms with E-state index in [-0.39, 0.29) is 11.3 Å². The van der Waals surface area contributed by atoms with Crippen LogP contribution in [0.3, 0.4) is 0 Å². The summed E-state index contributed by atoms with van der Waals surface area (Å²) < 4.78 is 53.5. The predicted molar refractivity (Wildman–Crippen MR) is 53.2 cm³/mol. The monoisotopic (exact) mass is 252 g/mol. The number of methoxy groups -OCH3 is 1. The summed E-state index contributed by atoms with van der Waals surface area (Å²) in [6.07, 6.45) is -7.15. The molecular weight excluding hydrogens is 240 g/mol. The third-order valence-corrected chi connectivity index (χ3v) is 2.26. The first kappa shape index (κ1) is 13.8. The van der Waals surface area contributed by atoms with Gasteiger partial charge in [0, 0.05) is 6.42 Å². The number of ether oxygens (including phenoxy) is 1. The maximum Gasteiger partial charge on any atom is 0.389 e. The van der Waals surface area contributed by atoms with Gasteiger partial charge in [0.25, 0.3) is 0 Å². The minimum Gasteiger partial charge on any atom is -0.494 e. The molecule has 1 aromatic rings. The summed E-state index contributed by atoms with van der Waals surface area (Å²) in [4.78, 5) is 0. The molecule has 1 aromatic carbocycles. The lowest BCUT2D eigenvalue weighted by Crippen LogP contribution is -2.10. The van der Waals surface area contributed by atoms with Crippen molar-refractivity contribution in [1.29, 1.82) is 0 Å². The fourth-order valence-electron chi connectivity index (χ4n) is 1.35. The average molecular weight is 252 g/mol. The molecule has 0 saturated heterocycles. The minimum absolute atomic E-state index is 0.103. The summed E-state index contributed by atoms with van der Waals surface area (Å²) in [5.74, 6) is -0.729. The molecule has 0 aliphatic carbocycles. The summed E-state index contributed by atoms with van der Waals surface area (Å²) in [6, 6.07) is 3.47. The van der Waals surface area contributed by atoms with Crippen LogP contribution in [0.25, 0.3) is 0 Å². The largest absolute Gasteiger partial charge is 0.494 e. The molecule has 6 heteroatoms. The Labute approximate surface area is 95.8 Å². The molecule has 96 valence electrons. The Balaban J connectivity index is 2.72. The summed E-state index contributed by atoms with van der Waals surface area (Å²) in [6.45, 7) is 0. The molecule has 1 rings (SSSR count). The second-order valence-electron chi connectivity index (χ2n) is 3.56. The number of benzene rings is 1. The summed E-state index contributed by atoms with van der Waals surface area (Å²) in [5.41, 5.74) is 0.201. The number of rotatable bonds is 4. The molecule has 0 radical (unpaired) electrons. The van der Waals surface area contributed by atoms with E-state index in [1.165, 1.54) is 19.2 Å². The molecule has 0 aromatic heterocycles. The molecule has 2 nitrogen and oxygen atoms in total. The Bertz CT molecular complexity index is 376. The molecule has 0 aliphatic rings. The highest BCUT2D eigenvalue weighted by Crippen LogP contribution is 2.29. The third kappa shape index (κ3) is 4.22. The topological polar surface area (TPSA) is 29.5 Å². The van der Waals surface area contributed by atoms with Gasteiger partial charge in [0.15, 0.2) is 11.6 Å². The van der Waals surface area contributed by atoms with Crippen LogP contribution in [0.4, 0.5) is 17.6 Å². The summed E-state index contributed by atoms with van der Waals surface area (Å²) >= 11 is 0. The summed E-state index contributed by atoms with van der Waals surface area (Å²) in [5, 5.41) is 9.52. The Morgan fingerprint density at radius 2 is 2.00 bits per heavy atom. The van der Waals surface area contributed by atoms with Crippen molar-refractivity contribution >= 4 is 0 Å². The Hall–Kier alpha value is -1.30. The minimum atomic E-state index is -4.31. The van der Waals surface area contributed by atoms with Crippen molar-refractivity contribution in [3.63, 3.8) is 0 Å².